The summed E-state index contributed by atoms with van der Waals surface area (Å²) < 4.78 is 0. The monoisotopic (exact) mass is 378 g/mol. The van der Waals surface area contributed by atoms with E-state index < -0.39 is 0 Å². The van der Waals surface area contributed by atoms with Crippen LogP contribution in [-0.4, -0.2) is 33.4 Å². The molecule has 1 aliphatic heterocycles. The summed E-state index contributed by atoms with van der Waals surface area (Å²) in [7, 11) is 0. The average Bonchev–Trinajstić information content (AvgIpc) is 3.38. The van der Waals surface area contributed by atoms with E-state index in [1.165, 1.54) is 0 Å². The van der Waals surface area contributed by atoms with Gasteiger partial charge in [-0.1, -0.05) is 24.6 Å². The lowest BCUT2D eigenvalue weighted by Crippen LogP contribution is -2.43. The second-order valence-corrected chi connectivity index (χ2v) is 7.22. The average molecular weight is 378 g/mol. The first-order chi connectivity index (χ1) is 13.8. The summed E-state index contributed by atoms with van der Waals surface area (Å²) in [6, 6.07) is 11.9. The fraction of sp³-hybridized carbons (Fsp3) is 0.381. The van der Waals surface area contributed by atoms with Crippen molar-refractivity contribution in [3.05, 3.63) is 60.2 Å². The fourth-order valence-corrected chi connectivity index (χ4v) is 3.58. The predicted octanol–water partition coefficient (Wildman–Crippen LogP) is 2.39. The quantitative estimate of drug-likeness (QED) is 0.452. The number of pyridine rings is 1. The number of benzene rings is 1. The molecule has 7 nitrogen and oxygen atoms in total. The summed E-state index contributed by atoms with van der Waals surface area (Å²) in [4.78, 5) is 24.4. The standard InChI is InChI=1S/C21H26N6O/c28-21(19-13-18(26-27-19)15-7-6-11-22-14-15)23-12-5-1-2-10-20-24-16-8-3-4-9-17(16)25-20/h3-4,6-9,11,14,18-19,26-27H,1-2,5,10,12-13H2,(H,23,28)(H,24,25). The second-order valence-electron chi connectivity index (χ2n) is 7.22. The number of para-hydroxylation sites is 2. The maximum atomic E-state index is 12.3. The number of carbonyl (C=O) groups is 1. The van der Waals surface area contributed by atoms with Crippen LogP contribution < -0.4 is 16.2 Å². The van der Waals surface area contributed by atoms with Gasteiger partial charge in [0.1, 0.15) is 11.9 Å². The van der Waals surface area contributed by atoms with E-state index in [1.807, 2.05) is 42.6 Å². The van der Waals surface area contributed by atoms with Gasteiger partial charge < -0.3 is 10.3 Å². The number of hydrazine groups is 1. The van der Waals surface area contributed by atoms with E-state index in [9.17, 15) is 4.79 Å². The molecular weight excluding hydrogens is 352 g/mol. The zero-order valence-corrected chi connectivity index (χ0v) is 15.8. The molecule has 3 aromatic rings. The van der Waals surface area contributed by atoms with Gasteiger partial charge in [-0.25, -0.2) is 15.8 Å². The predicted molar refractivity (Wildman–Crippen MR) is 108 cm³/mol. The molecule has 3 heterocycles. The largest absolute Gasteiger partial charge is 0.355 e. The van der Waals surface area contributed by atoms with Crippen molar-refractivity contribution in [3.8, 4) is 0 Å². The highest BCUT2D eigenvalue weighted by Gasteiger charge is 2.29. The van der Waals surface area contributed by atoms with Gasteiger partial charge in [0.2, 0.25) is 5.91 Å². The Bertz CT molecular complexity index is 876. The number of amides is 1. The molecule has 1 saturated heterocycles. The number of aromatic amines is 1. The number of H-pyrrole nitrogens is 1. The third-order valence-corrected chi connectivity index (χ3v) is 5.13. The van der Waals surface area contributed by atoms with Crippen molar-refractivity contribution < 1.29 is 4.79 Å². The number of imidazole rings is 1. The molecular formula is C21H26N6O. The third-order valence-electron chi connectivity index (χ3n) is 5.13. The molecule has 0 saturated carbocycles. The first kappa shape index (κ1) is 18.6. The summed E-state index contributed by atoms with van der Waals surface area (Å²) in [6.45, 7) is 0.703. The van der Waals surface area contributed by atoms with Gasteiger partial charge in [0.25, 0.3) is 0 Å². The Labute approximate surface area is 164 Å². The molecule has 146 valence electrons. The summed E-state index contributed by atoms with van der Waals surface area (Å²) in [5, 5.41) is 3.04. The molecule has 0 aliphatic carbocycles. The minimum atomic E-state index is -0.208. The van der Waals surface area contributed by atoms with Gasteiger partial charge in [-0.15, -0.1) is 0 Å². The van der Waals surface area contributed by atoms with Crippen molar-refractivity contribution in [2.45, 2.75) is 44.2 Å². The zero-order valence-electron chi connectivity index (χ0n) is 15.8. The minimum Gasteiger partial charge on any atom is -0.355 e. The Morgan fingerprint density at radius 1 is 1.11 bits per heavy atom. The number of carbonyl (C=O) groups excluding carboxylic acids is 1. The molecule has 1 fully saturated rings. The second kappa shape index (κ2) is 8.95. The van der Waals surface area contributed by atoms with Crippen LogP contribution in [0.4, 0.5) is 0 Å². The molecule has 28 heavy (non-hydrogen) atoms. The van der Waals surface area contributed by atoms with E-state index in [4.69, 9.17) is 0 Å². The lowest BCUT2D eigenvalue weighted by Gasteiger charge is -2.10. The molecule has 4 N–H and O–H groups in total. The molecule has 4 rings (SSSR count). The maximum absolute atomic E-state index is 12.3. The van der Waals surface area contributed by atoms with Crippen molar-refractivity contribution in [3.63, 3.8) is 0 Å². The molecule has 1 aromatic carbocycles. The molecule has 2 aromatic heterocycles. The van der Waals surface area contributed by atoms with Gasteiger partial charge in [-0.3, -0.25) is 9.78 Å². The molecule has 2 unspecified atom stereocenters. The number of aromatic nitrogens is 3. The highest BCUT2D eigenvalue weighted by atomic mass is 16.2. The van der Waals surface area contributed by atoms with Crippen LogP contribution in [0.25, 0.3) is 11.0 Å². The normalized spacial score (nSPS) is 19.1. The Kier molecular flexibility index (Phi) is 5.94. The Hall–Kier alpha value is -2.77. The molecule has 2 atom stereocenters. The molecule has 0 spiro atoms. The van der Waals surface area contributed by atoms with E-state index >= 15 is 0 Å². The SMILES string of the molecule is O=C(NCCCCCc1nc2ccccc2[nH]1)C1CC(c2cccnc2)NN1. The smallest absolute Gasteiger partial charge is 0.238 e. The number of hydrogen-bond donors (Lipinski definition) is 4. The van der Waals surface area contributed by atoms with Crippen molar-refractivity contribution in [2.24, 2.45) is 0 Å². The molecule has 0 bridgehead atoms. The Morgan fingerprint density at radius 2 is 2.04 bits per heavy atom. The molecule has 1 aliphatic rings. The van der Waals surface area contributed by atoms with E-state index in [2.05, 4.69) is 31.1 Å². The van der Waals surface area contributed by atoms with Crippen LogP contribution in [0.15, 0.2) is 48.8 Å². The summed E-state index contributed by atoms with van der Waals surface area (Å²) in [6.07, 6.45) is 8.34. The van der Waals surface area contributed by atoms with Crippen molar-refractivity contribution in [1.29, 1.82) is 0 Å². The number of unbranched alkanes of at least 4 members (excludes halogenated alkanes) is 2. The number of aryl methyl sites for hydroxylation is 1. The van der Waals surface area contributed by atoms with Gasteiger partial charge in [0, 0.05) is 31.4 Å². The Balaban J connectivity index is 1.12. The molecule has 0 radical (unpaired) electrons. The lowest BCUT2D eigenvalue weighted by atomic mass is 10.0. The van der Waals surface area contributed by atoms with Gasteiger partial charge >= 0.3 is 0 Å². The first-order valence-corrected chi connectivity index (χ1v) is 9.92. The summed E-state index contributed by atoms with van der Waals surface area (Å²) >= 11 is 0. The van der Waals surface area contributed by atoms with Crippen LogP contribution in [0.2, 0.25) is 0 Å². The maximum Gasteiger partial charge on any atom is 0.238 e. The van der Waals surface area contributed by atoms with E-state index in [0.29, 0.717) is 6.54 Å². The van der Waals surface area contributed by atoms with Crippen molar-refractivity contribution in [1.82, 2.24) is 31.1 Å². The number of rotatable bonds is 8. The number of nitrogens with zero attached hydrogens (tertiary/aromatic N) is 2. The van der Waals surface area contributed by atoms with Crippen LogP contribution in [0, 0.1) is 0 Å². The highest BCUT2D eigenvalue weighted by molar-refractivity contribution is 5.82. The topological polar surface area (TPSA) is 94.7 Å². The van der Waals surface area contributed by atoms with E-state index in [0.717, 1.165) is 54.5 Å². The van der Waals surface area contributed by atoms with Crippen molar-refractivity contribution >= 4 is 16.9 Å². The van der Waals surface area contributed by atoms with Crippen LogP contribution in [0.5, 0.6) is 0 Å². The number of fused-ring (bicyclic) bond motifs is 1. The van der Waals surface area contributed by atoms with Gasteiger partial charge in [-0.05, 0) is 43.0 Å². The number of hydrogen-bond acceptors (Lipinski definition) is 5. The first-order valence-electron chi connectivity index (χ1n) is 9.92. The Morgan fingerprint density at radius 3 is 2.89 bits per heavy atom. The number of nitrogens with one attached hydrogen (secondary N) is 4. The van der Waals surface area contributed by atoms with Gasteiger partial charge in [0.05, 0.1) is 11.0 Å². The summed E-state index contributed by atoms with van der Waals surface area (Å²) in [5.74, 6) is 1.09. The fourth-order valence-electron chi connectivity index (χ4n) is 3.58. The van der Waals surface area contributed by atoms with Gasteiger partial charge in [-0.2, -0.15) is 0 Å². The molecule has 7 heteroatoms. The van der Waals surface area contributed by atoms with Crippen LogP contribution in [0.3, 0.4) is 0 Å². The van der Waals surface area contributed by atoms with Gasteiger partial charge in [0.15, 0.2) is 0 Å². The lowest BCUT2D eigenvalue weighted by molar-refractivity contribution is -0.122. The van der Waals surface area contributed by atoms with Crippen molar-refractivity contribution in [2.75, 3.05) is 6.54 Å². The van der Waals surface area contributed by atoms with Crippen LogP contribution in [-0.2, 0) is 11.2 Å². The van der Waals surface area contributed by atoms with Crippen LogP contribution in [0.1, 0.15) is 43.1 Å². The molecule has 1 amide bonds. The third kappa shape index (κ3) is 4.55. The van der Waals surface area contributed by atoms with E-state index in [-0.39, 0.29) is 18.0 Å². The van der Waals surface area contributed by atoms with Crippen LogP contribution >= 0.6 is 0 Å². The zero-order chi connectivity index (χ0) is 19.2. The minimum absolute atomic E-state index is 0.0520. The highest BCUT2D eigenvalue weighted by Crippen LogP contribution is 2.21. The van der Waals surface area contributed by atoms with E-state index in [1.54, 1.807) is 6.20 Å². The summed E-state index contributed by atoms with van der Waals surface area (Å²) in [5.41, 5.74) is 9.48.